The van der Waals surface area contributed by atoms with Crippen LogP contribution in [0.1, 0.15) is 88.3 Å². The second kappa shape index (κ2) is 13.0. The van der Waals surface area contributed by atoms with Gasteiger partial charge in [-0.2, -0.15) is 0 Å². The van der Waals surface area contributed by atoms with Crippen LogP contribution < -0.4 is 15.0 Å². The summed E-state index contributed by atoms with van der Waals surface area (Å²) in [5.74, 6) is 1.06. The Kier molecular flexibility index (Phi) is 9.00. The zero-order valence-corrected chi connectivity index (χ0v) is 23.7. The first-order chi connectivity index (χ1) is 19.6. The number of ketones is 1. The minimum absolute atomic E-state index is 0.0545. The fraction of sp³-hybridized carbons (Fsp3) is 0.371. The molecule has 0 saturated carbocycles. The van der Waals surface area contributed by atoms with Crippen molar-refractivity contribution in [3.63, 3.8) is 0 Å². The van der Waals surface area contributed by atoms with Crippen LogP contribution in [-0.4, -0.2) is 18.3 Å². The number of unbranched alkanes of at least 4 members (excludes halogenated alkanes) is 3. The van der Waals surface area contributed by atoms with Crippen molar-refractivity contribution in [3.05, 3.63) is 101 Å². The van der Waals surface area contributed by atoms with E-state index in [1.807, 2.05) is 71.6 Å². The number of hydrogen-bond acceptors (Lipinski definition) is 4. The number of nitrogens with one attached hydrogen (secondary N) is 1. The number of Topliss-reactive ketones (excluding diaryl/α,β-unsaturated/α-hetero) is 1. The number of fused-ring (bicyclic) bond motifs is 1. The number of anilines is 2. The van der Waals surface area contributed by atoms with Crippen LogP contribution in [0.5, 0.6) is 5.75 Å². The van der Waals surface area contributed by atoms with Crippen molar-refractivity contribution in [1.82, 2.24) is 0 Å². The van der Waals surface area contributed by atoms with Crippen molar-refractivity contribution in [2.45, 2.75) is 77.2 Å². The van der Waals surface area contributed by atoms with Gasteiger partial charge >= 0.3 is 0 Å². The highest BCUT2D eigenvalue weighted by molar-refractivity contribution is 6.06. The van der Waals surface area contributed by atoms with Crippen LogP contribution in [-0.2, 0) is 9.59 Å². The molecule has 208 valence electrons. The molecule has 0 radical (unpaired) electrons. The zero-order chi connectivity index (χ0) is 27.9. The lowest BCUT2D eigenvalue weighted by Gasteiger charge is -2.35. The number of hydrogen-bond donors (Lipinski definition) is 1. The molecule has 1 amide bonds. The predicted octanol–water partition coefficient (Wildman–Crippen LogP) is 8.35. The minimum Gasteiger partial charge on any atom is -0.494 e. The molecule has 40 heavy (non-hydrogen) atoms. The molecule has 0 aromatic heterocycles. The van der Waals surface area contributed by atoms with E-state index in [-0.39, 0.29) is 17.6 Å². The van der Waals surface area contributed by atoms with Crippen LogP contribution in [0.4, 0.5) is 11.4 Å². The van der Waals surface area contributed by atoms with Gasteiger partial charge in [0.1, 0.15) is 5.75 Å². The van der Waals surface area contributed by atoms with Crippen molar-refractivity contribution in [1.29, 1.82) is 0 Å². The van der Waals surface area contributed by atoms with E-state index in [9.17, 15) is 9.59 Å². The summed E-state index contributed by atoms with van der Waals surface area (Å²) < 4.78 is 5.86. The molecular weight excluding hydrogens is 496 g/mol. The number of carbonyl (C=O) groups is 2. The van der Waals surface area contributed by atoms with Crippen LogP contribution in [0.3, 0.4) is 0 Å². The Morgan fingerprint density at radius 1 is 0.850 bits per heavy atom. The molecule has 1 N–H and O–H groups in total. The summed E-state index contributed by atoms with van der Waals surface area (Å²) in [4.78, 5) is 29.9. The molecule has 5 nitrogen and oxygen atoms in total. The molecular formula is C35H40N2O3. The highest BCUT2D eigenvalue weighted by atomic mass is 16.5. The molecule has 0 fully saturated rings. The number of benzene rings is 3. The van der Waals surface area contributed by atoms with Gasteiger partial charge in [0, 0.05) is 24.1 Å². The SMILES string of the molecule is CCCCCC(=O)N1c2ccccc2NC2=C(C(=O)C[C@@H](c3ccc(OCCCC)cc3)C2)[C@@H]1c1ccccc1. The lowest BCUT2D eigenvalue weighted by Crippen LogP contribution is -2.38. The van der Waals surface area contributed by atoms with E-state index >= 15 is 0 Å². The number of carbonyl (C=O) groups excluding carboxylic acids is 2. The van der Waals surface area contributed by atoms with Crippen LogP contribution in [0.2, 0.25) is 0 Å². The van der Waals surface area contributed by atoms with E-state index in [1.54, 1.807) is 0 Å². The Hall–Kier alpha value is -3.86. The highest BCUT2D eigenvalue weighted by Crippen LogP contribution is 2.47. The Balaban J connectivity index is 1.53. The van der Waals surface area contributed by atoms with Crippen LogP contribution in [0.25, 0.3) is 0 Å². The van der Waals surface area contributed by atoms with Crippen LogP contribution in [0, 0.1) is 0 Å². The van der Waals surface area contributed by atoms with E-state index < -0.39 is 6.04 Å². The molecule has 0 saturated heterocycles. The maximum absolute atomic E-state index is 14.1. The molecule has 1 aliphatic carbocycles. The number of allylic oxidation sites excluding steroid dienone is 1. The summed E-state index contributed by atoms with van der Waals surface area (Å²) in [5, 5.41) is 3.63. The first-order valence-corrected chi connectivity index (χ1v) is 14.8. The molecule has 5 heteroatoms. The van der Waals surface area contributed by atoms with Gasteiger partial charge in [0.05, 0.1) is 24.0 Å². The molecule has 5 rings (SSSR count). The first kappa shape index (κ1) is 27.7. The van der Waals surface area contributed by atoms with E-state index in [1.165, 1.54) is 0 Å². The molecule has 3 aromatic carbocycles. The number of ether oxygens (including phenoxy) is 1. The number of nitrogens with zero attached hydrogens (tertiary/aromatic N) is 1. The second-order valence-corrected chi connectivity index (χ2v) is 10.9. The third kappa shape index (κ3) is 5.99. The molecule has 0 spiro atoms. The van der Waals surface area contributed by atoms with E-state index in [0.717, 1.165) is 66.1 Å². The Labute approximate surface area is 238 Å². The summed E-state index contributed by atoms with van der Waals surface area (Å²) in [7, 11) is 0. The molecule has 2 aliphatic rings. The predicted molar refractivity (Wildman–Crippen MR) is 162 cm³/mol. The summed E-state index contributed by atoms with van der Waals surface area (Å²) in [5.41, 5.74) is 5.40. The molecule has 1 aliphatic heterocycles. The van der Waals surface area contributed by atoms with Crippen molar-refractivity contribution in [2.75, 3.05) is 16.8 Å². The first-order valence-electron chi connectivity index (χ1n) is 14.8. The largest absolute Gasteiger partial charge is 0.494 e. The Morgan fingerprint density at radius 2 is 1.57 bits per heavy atom. The van der Waals surface area contributed by atoms with E-state index in [0.29, 0.717) is 31.4 Å². The molecule has 1 heterocycles. The monoisotopic (exact) mass is 536 g/mol. The summed E-state index contributed by atoms with van der Waals surface area (Å²) in [6.07, 6.45) is 6.59. The van der Waals surface area contributed by atoms with Crippen molar-refractivity contribution in [2.24, 2.45) is 0 Å². The van der Waals surface area contributed by atoms with E-state index in [4.69, 9.17) is 4.74 Å². The van der Waals surface area contributed by atoms with Crippen molar-refractivity contribution < 1.29 is 14.3 Å². The van der Waals surface area contributed by atoms with Gasteiger partial charge in [-0.3, -0.25) is 14.5 Å². The normalized spacial score (nSPS) is 18.4. The minimum atomic E-state index is -0.468. The number of para-hydroxylation sites is 2. The van der Waals surface area contributed by atoms with Gasteiger partial charge in [-0.05, 0) is 60.6 Å². The molecule has 0 unspecified atom stereocenters. The fourth-order valence-corrected chi connectivity index (χ4v) is 5.87. The summed E-state index contributed by atoms with van der Waals surface area (Å²) >= 11 is 0. The maximum Gasteiger partial charge on any atom is 0.227 e. The second-order valence-electron chi connectivity index (χ2n) is 10.9. The van der Waals surface area contributed by atoms with Crippen LogP contribution in [0.15, 0.2) is 90.1 Å². The standard InChI is InChI=1S/C35H40N2O3/c1-3-5-8-17-33(39)37-31-16-12-11-15-29(31)36-30-23-27(25-18-20-28(21-19-25)40-22-6-4-2)24-32(38)34(30)35(37)26-13-9-7-10-14-26/h7,9-16,18-21,27,35-36H,3-6,8,17,22-24H2,1-2H3/t27-,35-/m0/s1. The number of rotatable bonds is 10. The number of amides is 1. The third-order valence-electron chi connectivity index (χ3n) is 7.98. The fourth-order valence-electron chi connectivity index (χ4n) is 5.87. The average molecular weight is 537 g/mol. The average Bonchev–Trinajstić information content (AvgIpc) is 3.13. The lowest BCUT2D eigenvalue weighted by molar-refractivity contribution is -0.119. The Morgan fingerprint density at radius 3 is 2.33 bits per heavy atom. The van der Waals surface area contributed by atoms with Crippen molar-refractivity contribution in [3.8, 4) is 5.75 Å². The summed E-state index contributed by atoms with van der Waals surface area (Å²) in [6, 6.07) is 25.7. The maximum atomic E-state index is 14.1. The third-order valence-corrected chi connectivity index (χ3v) is 7.98. The van der Waals surface area contributed by atoms with Crippen LogP contribution >= 0.6 is 0 Å². The molecule has 0 bridgehead atoms. The zero-order valence-electron chi connectivity index (χ0n) is 23.7. The van der Waals surface area contributed by atoms with Gasteiger partial charge in [0.15, 0.2) is 5.78 Å². The Bertz CT molecular complexity index is 1350. The molecule has 2 atom stereocenters. The van der Waals surface area contributed by atoms with Gasteiger partial charge in [0.2, 0.25) is 5.91 Å². The van der Waals surface area contributed by atoms with Crippen molar-refractivity contribution >= 4 is 23.1 Å². The van der Waals surface area contributed by atoms with Gasteiger partial charge in [0.25, 0.3) is 0 Å². The topological polar surface area (TPSA) is 58.6 Å². The van der Waals surface area contributed by atoms with Gasteiger partial charge in [-0.1, -0.05) is 87.7 Å². The molecule has 3 aromatic rings. The van der Waals surface area contributed by atoms with Gasteiger partial charge in [-0.15, -0.1) is 0 Å². The lowest BCUT2D eigenvalue weighted by atomic mass is 9.78. The quantitative estimate of drug-likeness (QED) is 0.265. The van der Waals surface area contributed by atoms with E-state index in [2.05, 4.69) is 31.3 Å². The summed E-state index contributed by atoms with van der Waals surface area (Å²) in [6.45, 7) is 5.01. The highest BCUT2D eigenvalue weighted by Gasteiger charge is 2.41. The van der Waals surface area contributed by atoms with Gasteiger partial charge < -0.3 is 10.1 Å². The smallest absolute Gasteiger partial charge is 0.227 e. The van der Waals surface area contributed by atoms with Gasteiger partial charge in [-0.25, -0.2) is 0 Å².